The van der Waals surface area contributed by atoms with E-state index in [9.17, 15) is 5.11 Å². The van der Waals surface area contributed by atoms with Gasteiger partial charge >= 0.3 is 0 Å². The SMILES string of the molecule is C[C@@H](N)c1ccc(N2CCCC2CO)cc1Br. The Balaban J connectivity index is 2.25. The van der Waals surface area contributed by atoms with Gasteiger partial charge in [-0.1, -0.05) is 22.0 Å². The van der Waals surface area contributed by atoms with Gasteiger partial charge in [-0.3, -0.25) is 0 Å². The fraction of sp³-hybridized carbons (Fsp3) is 0.538. The monoisotopic (exact) mass is 298 g/mol. The van der Waals surface area contributed by atoms with E-state index in [4.69, 9.17) is 5.73 Å². The molecule has 1 saturated heterocycles. The number of nitrogens with zero attached hydrogens (tertiary/aromatic N) is 1. The smallest absolute Gasteiger partial charge is 0.0635 e. The van der Waals surface area contributed by atoms with Gasteiger partial charge in [0.2, 0.25) is 0 Å². The van der Waals surface area contributed by atoms with Gasteiger partial charge < -0.3 is 15.7 Å². The number of benzene rings is 1. The molecule has 4 heteroatoms. The summed E-state index contributed by atoms with van der Waals surface area (Å²) in [4.78, 5) is 2.27. The molecule has 1 aliphatic rings. The average molecular weight is 299 g/mol. The van der Waals surface area contributed by atoms with Crippen LogP contribution in [0.5, 0.6) is 0 Å². The number of anilines is 1. The second-order valence-corrected chi connectivity index (χ2v) is 5.52. The zero-order valence-corrected chi connectivity index (χ0v) is 11.7. The van der Waals surface area contributed by atoms with E-state index in [0.717, 1.165) is 35.1 Å². The van der Waals surface area contributed by atoms with Gasteiger partial charge in [-0.25, -0.2) is 0 Å². The van der Waals surface area contributed by atoms with Gasteiger partial charge in [-0.15, -0.1) is 0 Å². The summed E-state index contributed by atoms with van der Waals surface area (Å²) in [5.41, 5.74) is 8.17. The Morgan fingerprint density at radius 1 is 1.59 bits per heavy atom. The number of hydrogen-bond donors (Lipinski definition) is 2. The molecular weight excluding hydrogens is 280 g/mol. The Kier molecular flexibility index (Phi) is 4.07. The normalized spacial score (nSPS) is 21.9. The van der Waals surface area contributed by atoms with Crippen molar-refractivity contribution in [3.63, 3.8) is 0 Å². The summed E-state index contributed by atoms with van der Waals surface area (Å²) in [5.74, 6) is 0. The van der Waals surface area contributed by atoms with Crippen molar-refractivity contribution in [1.82, 2.24) is 0 Å². The molecule has 1 aromatic rings. The molecular formula is C13H19BrN2O. The van der Waals surface area contributed by atoms with E-state index in [1.807, 2.05) is 6.92 Å². The summed E-state index contributed by atoms with van der Waals surface area (Å²) < 4.78 is 1.05. The summed E-state index contributed by atoms with van der Waals surface area (Å²) in [5, 5.41) is 9.34. The lowest BCUT2D eigenvalue weighted by Gasteiger charge is -2.26. The summed E-state index contributed by atoms with van der Waals surface area (Å²) in [6.45, 7) is 3.23. The van der Waals surface area contributed by atoms with E-state index in [2.05, 4.69) is 39.0 Å². The van der Waals surface area contributed by atoms with Crippen LogP contribution < -0.4 is 10.6 Å². The molecule has 2 rings (SSSR count). The minimum absolute atomic E-state index is 0.0330. The molecule has 1 aromatic carbocycles. The molecule has 17 heavy (non-hydrogen) atoms. The van der Waals surface area contributed by atoms with Gasteiger partial charge in [0.1, 0.15) is 0 Å². The van der Waals surface area contributed by atoms with E-state index >= 15 is 0 Å². The standard InChI is InChI=1S/C13H19BrN2O/c1-9(15)12-5-4-10(7-13(12)14)16-6-2-3-11(16)8-17/h4-5,7,9,11,17H,2-3,6,8,15H2,1H3/t9-,11?/m1/s1. The molecule has 94 valence electrons. The molecule has 1 aliphatic heterocycles. The van der Waals surface area contributed by atoms with Crippen molar-refractivity contribution in [2.45, 2.75) is 31.8 Å². The summed E-state index contributed by atoms with van der Waals surface area (Å²) >= 11 is 3.57. The maximum absolute atomic E-state index is 9.34. The maximum atomic E-state index is 9.34. The van der Waals surface area contributed by atoms with Gasteiger partial charge in [-0.2, -0.15) is 0 Å². The Bertz CT molecular complexity index is 395. The molecule has 1 heterocycles. The molecule has 2 atom stereocenters. The zero-order chi connectivity index (χ0) is 12.4. The molecule has 1 fully saturated rings. The minimum Gasteiger partial charge on any atom is -0.394 e. The van der Waals surface area contributed by atoms with E-state index in [-0.39, 0.29) is 18.7 Å². The molecule has 3 nitrogen and oxygen atoms in total. The molecule has 1 unspecified atom stereocenters. The predicted octanol–water partition coefficient (Wildman–Crippen LogP) is 2.43. The van der Waals surface area contributed by atoms with Crippen molar-refractivity contribution in [3.8, 4) is 0 Å². The average Bonchev–Trinajstić information content (AvgIpc) is 2.76. The summed E-state index contributed by atoms with van der Waals surface area (Å²) in [7, 11) is 0. The van der Waals surface area contributed by atoms with Crippen LogP contribution in [0.25, 0.3) is 0 Å². The van der Waals surface area contributed by atoms with Crippen LogP contribution in [0, 0.1) is 0 Å². The zero-order valence-electron chi connectivity index (χ0n) is 10.1. The van der Waals surface area contributed by atoms with Gasteiger partial charge in [0.15, 0.2) is 0 Å². The van der Waals surface area contributed by atoms with Crippen molar-refractivity contribution >= 4 is 21.6 Å². The van der Waals surface area contributed by atoms with E-state index < -0.39 is 0 Å². The highest BCUT2D eigenvalue weighted by Crippen LogP contribution is 2.31. The molecule has 0 aromatic heterocycles. The van der Waals surface area contributed by atoms with Crippen LogP contribution in [-0.4, -0.2) is 24.3 Å². The number of aliphatic hydroxyl groups is 1. The largest absolute Gasteiger partial charge is 0.394 e. The lowest BCUT2D eigenvalue weighted by atomic mass is 10.1. The third-order valence-electron chi connectivity index (χ3n) is 3.39. The summed E-state index contributed by atoms with van der Waals surface area (Å²) in [6.07, 6.45) is 2.22. The lowest BCUT2D eigenvalue weighted by Crippen LogP contribution is -2.32. The second kappa shape index (κ2) is 5.38. The van der Waals surface area contributed by atoms with Crippen LogP contribution in [0.4, 0.5) is 5.69 Å². The van der Waals surface area contributed by atoms with Crippen LogP contribution in [0.1, 0.15) is 31.4 Å². The molecule has 0 bridgehead atoms. The van der Waals surface area contributed by atoms with Crippen molar-refractivity contribution in [2.75, 3.05) is 18.1 Å². The number of aliphatic hydroxyl groups excluding tert-OH is 1. The molecule has 0 radical (unpaired) electrons. The second-order valence-electron chi connectivity index (χ2n) is 4.67. The first-order valence-electron chi connectivity index (χ1n) is 6.06. The Morgan fingerprint density at radius 2 is 2.35 bits per heavy atom. The Labute approximate surface area is 111 Å². The minimum atomic E-state index is 0.0330. The Hall–Kier alpha value is -0.580. The predicted molar refractivity (Wildman–Crippen MR) is 74.2 cm³/mol. The van der Waals surface area contributed by atoms with Crippen molar-refractivity contribution in [3.05, 3.63) is 28.2 Å². The van der Waals surface area contributed by atoms with Crippen LogP contribution in [0.15, 0.2) is 22.7 Å². The molecule has 0 aliphatic carbocycles. The number of rotatable bonds is 3. The van der Waals surface area contributed by atoms with Crippen LogP contribution >= 0.6 is 15.9 Å². The highest BCUT2D eigenvalue weighted by Gasteiger charge is 2.24. The van der Waals surface area contributed by atoms with Gasteiger partial charge in [-0.05, 0) is 37.5 Å². The summed E-state index contributed by atoms with van der Waals surface area (Å²) in [6, 6.07) is 6.56. The van der Waals surface area contributed by atoms with E-state index in [1.165, 1.54) is 0 Å². The van der Waals surface area contributed by atoms with Gasteiger partial charge in [0.05, 0.1) is 12.6 Å². The third kappa shape index (κ3) is 2.64. The number of nitrogens with two attached hydrogens (primary N) is 1. The van der Waals surface area contributed by atoms with Crippen molar-refractivity contribution < 1.29 is 5.11 Å². The van der Waals surface area contributed by atoms with Crippen LogP contribution in [0.2, 0.25) is 0 Å². The maximum Gasteiger partial charge on any atom is 0.0635 e. The molecule has 0 saturated carbocycles. The Morgan fingerprint density at radius 3 is 2.94 bits per heavy atom. The highest BCUT2D eigenvalue weighted by molar-refractivity contribution is 9.10. The highest BCUT2D eigenvalue weighted by atomic mass is 79.9. The van der Waals surface area contributed by atoms with Gasteiger partial charge in [0, 0.05) is 22.7 Å². The van der Waals surface area contributed by atoms with E-state index in [1.54, 1.807) is 0 Å². The van der Waals surface area contributed by atoms with E-state index in [0.29, 0.717) is 0 Å². The number of hydrogen-bond acceptors (Lipinski definition) is 3. The molecule has 0 spiro atoms. The molecule has 0 amide bonds. The van der Waals surface area contributed by atoms with Crippen molar-refractivity contribution in [2.24, 2.45) is 5.73 Å². The van der Waals surface area contributed by atoms with Crippen LogP contribution in [0.3, 0.4) is 0 Å². The first-order chi connectivity index (χ1) is 8.13. The number of halogens is 1. The first-order valence-corrected chi connectivity index (χ1v) is 6.85. The molecule has 3 N–H and O–H groups in total. The lowest BCUT2D eigenvalue weighted by molar-refractivity contribution is 0.266. The fourth-order valence-electron chi connectivity index (χ4n) is 2.43. The quantitative estimate of drug-likeness (QED) is 0.901. The topological polar surface area (TPSA) is 49.5 Å². The van der Waals surface area contributed by atoms with Gasteiger partial charge in [0.25, 0.3) is 0 Å². The fourth-order valence-corrected chi connectivity index (χ4v) is 3.16. The first kappa shape index (κ1) is 12.9. The third-order valence-corrected chi connectivity index (χ3v) is 4.08. The van der Waals surface area contributed by atoms with Crippen LogP contribution in [-0.2, 0) is 0 Å². The van der Waals surface area contributed by atoms with Crippen molar-refractivity contribution in [1.29, 1.82) is 0 Å².